The highest BCUT2D eigenvalue weighted by Gasteiger charge is 2.34. The van der Waals surface area contributed by atoms with Crippen molar-refractivity contribution in [2.45, 2.75) is 38.8 Å². The summed E-state index contributed by atoms with van der Waals surface area (Å²) in [6, 6.07) is 13.5. The van der Waals surface area contributed by atoms with Crippen molar-refractivity contribution in [3.05, 3.63) is 79.1 Å². The third-order valence-electron chi connectivity index (χ3n) is 5.63. The number of hydrogen-bond donors (Lipinski definition) is 0. The molecule has 0 aliphatic carbocycles. The number of carbonyl (C=O) groups excluding carboxylic acids is 2. The Morgan fingerprint density at radius 3 is 2.58 bits per heavy atom. The number of nitrogens with zero attached hydrogens (tertiary/aromatic N) is 2. The van der Waals surface area contributed by atoms with E-state index in [1.807, 2.05) is 60.5 Å². The molecule has 4 rings (SSSR count). The highest BCUT2D eigenvalue weighted by atomic mass is 35.5. The number of hydrogen-bond acceptors (Lipinski definition) is 4. The number of halogens is 1. The first-order chi connectivity index (χ1) is 14.9. The molecule has 162 valence electrons. The molecule has 2 aromatic heterocycles. The van der Waals surface area contributed by atoms with E-state index in [4.69, 9.17) is 11.6 Å². The molecular formula is C24H25ClN2O2S2. The molecule has 0 spiro atoms. The maximum Gasteiger partial charge on any atom is 0.243 e. The van der Waals surface area contributed by atoms with Gasteiger partial charge in [-0.15, -0.1) is 22.7 Å². The van der Waals surface area contributed by atoms with E-state index in [1.165, 1.54) is 10.4 Å². The second-order valence-electron chi connectivity index (χ2n) is 7.96. The Morgan fingerprint density at radius 1 is 1.13 bits per heavy atom. The predicted octanol–water partition coefficient (Wildman–Crippen LogP) is 5.42. The molecule has 0 radical (unpaired) electrons. The molecule has 7 heteroatoms. The number of benzene rings is 1. The Hall–Kier alpha value is -2.15. The van der Waals surface area contributed by atoms with Crippen LogP contribution in [0.5, 0.6) is 0 Å². The van der Waals surface area contributed by atoms with Crippen LogP contribution >= 0.6 is 34.3 Å². The van der Waals surface area contributed by atoms with E-state index in [1.54, 1.807) is 27.6 Å². The van der Waals surface area contributed by atoms with E-state index in [0.29, 0.717) is 18.0 Å². The Balaban J connectivity index is 1.57. The zero-order valence-electron chi connectivity index (χ0n) is 17.6. The lowest BCUT2D eigenvalue weighted by Crippen LogP contribution is -2.49. The molecule has 3 heterocycles. The largest absolute Gasteiger partial charge is 0.331 e. The van der Waals surface area contributed by atoms with Gasteiger partial charge in [0.05, 0.1) is 12.5 Å². The van der Waals surface area contributed by atoms with Crippen molar-refractivity contribution in [2.24, 2.45) is 0 Å². The first-order valence-electron chi connectivity index (χ1n) is 10.4. The van der Waals surface area contributed by atoms with E-state index in [0.717, 1.165) is 16.9 Å². The normalized spacial score (nSPS) is 15.7. The molecule has 0 bridgehead atoms. The fourth-order valence-corrected chi connectivity index (χ4v) is 5.77. The number of rotatable bonds is 6. The molecule has 2 amide bonds. The van der Waals surface area contributed by atoms with E-state index in [-0.39, 0.29) is 30.4 Å². The van der Waals surface area contributed by atoms with Gasteiger partial charge in [-0.3, -0.25) is 9.59 Å². The van der Waals surface area contributed by atoms with Crippen molar-refractivity contribution in [3.63, 3.8) is 0 Å². The van der Waals surface area contributed by atoms with Gasteiger partial charge in [0.1, 0.15) is 6.54 Å². The van der Waals surface area contributed by atoms with Crippen LogP contribution in [-0.4, -0.2) is 40.7 Å². The Morgan fingerprint density at radius 2 is 1.90 bits per heavy atom. The molecule has 4 nitrogen and oxygen atoms in total. The average molecular weight is 473 g/mol. The monoisotopic (exact) mass is 472 g/mol. The third-order valence-corrected chi connectivity index (χ3v) is 7.75. The van der Waals surface area contributed by atoms with Gasteiger partial charge in [-0.05, 0) is 66.4 Å². The second-order valence-corrected chi connectivity index (χ2v) is 10.4. The zero-order valence-corrected chi connectivity index (χ0v) is 20.0. The highest BCUT2D eigenvalue weighted by molar-refractivity contribution is 7.10. The first-order valence-corrected chi connectivity index (χ1v) is 12.5. The summed E-state index contributed by atoms with van der Waals surface area (Å²) in [5.41, 5.74) is 2.21. The van der Waals surface area contributed by atoms with Gasteiger partial charge in [0, 0.05) is 27.4 Å². The molecule has 31 heavy (non-hydrogen) atoms. The summed E-state index contributed by atoms with van der Waals surface area (Å²) in [7, 11) is 0. The molecule has 1 aliphatic heterocycles. The Bertz CT molecular complexity index is 1040. The van der Waals surface area contributed by atoms with Gasteiger partial charge in [-0.2, -0.15) is 0 Å². The van der Waals surface area contributed by atoms with E-state index in [2.05, 4.69) is 11.4 Å². The van der Waals surface area contributed by atoms with Gasteiger partial charge in [-0.1, -0.05) is 29.8 Å². The molecule has 0 N–H and O–H groups in total. The molecule has 0 saturated heterocycles. The summed E-state index contributed by atoms with van der Waals surface area (Å²) in [5, 5.41) is 4.73. The highest BCUT2D eigenvalue weighted by Crippen LogP contribution is 2.38. The summed E-state index contributed by atoms with van der Waals surface area (Å²) in [6.45, 7) is 4.66. The fraction of sp³-hybridized carbons (Fsp3) is 0.333. The molecule has 3 aromatic rings. The average Bonchev–Trinajstić information content (AvgIpc) is 3.43. The van der Waals surface area contributed by atoms with Crippen molar-refractivity contribution in [1.82, 2.24) is 9.80 Å². The summed E-state index contributed by atoms with van der Waals surface area (Å²) in [4.78, 5) is 32.4. The van der Waals surface area contributed by atoms with Gasteiger partial charge >= 0.3 is 0 Å². The van der Waals surface area contributed by atoms with Crippen molar-refractivity contribution >= 4 is 46.1 Å². The molecule has 1 aliphatic rings. The maximum atomic E-state index is 13.5. The number of thiophene rings is 2. The lowest BCUT2D eigenvalue weighted by atomic mass is 9.93. The summed E-state index contributed by atoms with van der Waals surface area (Å²) in [6.07, 6.45) is 1.17. The Labute approximate surface area is 196 Å². The molecule has 0 saturated carbocycles. The zero-order chi connectivity index (χ0) is 22.0. The minimum Gasteiger partial charge on any atom is -0.331 e. The van der Waals surface area contributed by atoms with Gasteiger partial charge in [0.15, 0.2) is 0 Å². The topological polar surface area (TPSA) is 40.6 Å². The first kappa shape index (κ1) is 22.1. The fourth-order valence-electron chi connectivity index (χ4n) is 4.05. The van der Waals surface area contributed by atoms with Gasteiger partial charge in [0.2, 0.25) is 11.8 Å². The van der Waals surface area contributed by atoms with E-state index >= 15 is 0 Å². The van der Waals surface area contributed by atoms with Crippen LogP contribution in [0.3, 0.4) is 0 Å². The van der Waals surface area contributed by atoms with Gasteiger partial charge in [0.25, 0.3) is 0 Å². The summed E-state index contributed by atoms with van der Waals surface area (Å²) in [5.74, 6) is -0.0351. The molecule has 1 aromatic carbocycles. The van der Waals surface area contributed by atoms with Crippen LogP contribution in [0.1, 0.15) is 40.8 Å². The third kappa shape index (κ3) is 4.86. The summed E-state index contributed by atoms with van der Waals surface area (Å²) >= 11 is 9.41. The quantitative estimate of drug-likeness (QED) is 0.480. The van der Waals surface area contributed by atoms with Crippen LogP contribution in [0.4, 0.5) is 0 Å². The number of fused-ring (bicyclic) bond motifs is 1. The minimum absolute atomic E-state index is 0.0120. The maximum absolute atomic E-state index is 13.5. The second kappa shape index (κ2) is 9.55. The van der Waals surface area contributed by atoms with Crippen LogP contribution in [0.25, 0.3) is 0 Å². The minimum atomic E-state index is -0.152. The van der Waals surface area contributed by atoms with Crippen LogP contribution in [0, 0.1) is 0 Å². The number of carbonyl (C=O) groups is 2. The van der Waals surface area contributed by atoms with Crippen LogP contribution < -0.4 is 0 Å². The van der Waals surface area contributed by atoms with Crippen molar-refractivity contribution in [2.75, 3.05) is 13.1 Å². The van der Waals surface area contributed by atoms with Crippen LogP contribution in [0.15, 0.2) is 53.2 Å². The molecule has 1 unspecified atom stereocenters. The summed E-state index contributed by atoms with van der Waals surface area (Å²) < 4.78 is 0. The SMILES string of the molecule is CC(C)N(CC(=O)N1CCc2sccc2C1c1ccc(Cl)cc1)C(=O)Cc1cccs1. The van der Waals surface area contributed by atoms with Gasteiger partial charge in [-0.25, -0.2) is 0 Å². The van der Waals surface area contributed by atoms with E-state index < -0.39 is 0 Å². The van der Waals surface area contributed by atoms with E-state index in [9.17, 15) is 9.59 Å². The van der Waals surface area contributed by atoms with Crippen molar-refractivity contribution in [3.8, 4) is 0 Å². The predicted molar refractivity (Wildman–Crippen MR) is 128 cm³/mol. The smallest absolute Gasteiger partial charge is 0.243 e. The number of amides is 2. The standard InChI is InChI=1S/C24H25ClN2O2S2/c1-16(2)27(22(28)14-19-4-3-12-30-19)15-23(29)26-11-9-21-20(10-13-31-21)24(26)17-5-7-18(25)8-6-17/h3-8,10,12-13,16,24H,9,11,14-15H2,1-2H3. The lowest BCUT2D eigenvalue weighted by Gasteiger charge is -2.38. The van der Waals surface area contributed by atoms with Crippen molar-refractivity contribution in [1.29, 1.82) is 0 Å². The van der Waals surface area contributed by atoms with Gasteiger partial charge < -0.3 is 9.80 Å². The molecular weight excluding hydrogens is 448 g/mol. The lowest BCUT2D eigenvalue weighted by molar-refractivity contribution is -0.142. The molecule has 1 atom stereocenters. The Kier molecular flexibility index (Phi) is 6.80. The molecule has 0 fully saturated rings. The van der Waals surface area contributed by atoms with Crippen molar-refractivity contribution < 1.29 is 9.59 Å². The van der Waals surface area contributed by atoms with Crippen LogP contribution in [-0.2, 0) is 22.4 Å². The van der Waals surface area contributed by atoms with Crippen LogP contribution in [0.2, 0.25) is 5.02 Å².